The highest BCUT2D eigenvalue weighted by Crippen LogP contribution is 2.27. The number of aliphatic carboxylic acids is 1. The van der Waals surface area contributed by atoms with Gasteiger partial charge in [-0.1, -0.05) is 32.0 Å². The lowest BCUT2D eigenvalue weighted by Crippen LogP contribution is -2.44. The fourth-order valence-corrected chi connectivity index (χ4v) is 3.13. The first kappa shape index (κ1) is 16.2. The molecule has 1 atom stereocenters. The second-order valence-electron chi connectivity index (χ2n) is 6.41. The molecule has 2 N–H and O–H groups in total. The molecule has 0 bridgehead atoms. The Labute approximate surface area is 140 Å². The summed E-state index contributed by atoms with van der Waals surface area (Å²) in [5.74, 6) is -1.64. The van der Waals surface area contributed by atoms with Crippen LogP contribution in [0.4, 0.5) is 0 Å². The van der Waals surface area contributed by atoms with Gasteiger partial charge in [0.15, 0.2) is 5.69 Å². The first-order valence-electron chi connectivity index (χ1n) is 8.19. The molecule has 0 radical (unpaired) electrons. The van der Waals surface area contributed by atoms with Gasteiger partial charge in [-0.2, -0.15) is 5.10 Å². The minimum Gasteiger partial charge on any atom is -0.480 e. The van der Waals surface area contributed by atoms with Gasteiger partial charge in [0, 0.05) is 11.3 Å². The van der Waals surface area contributed by atoms with Crippen LogP contribution in [0, 0.1) is 5.92 Å². The Bertz CT molecular complexity index is 765. The Morgan fingerprint density at radius 1 is 1.21 bits per heavy atom. The molecule has 1 amide bonds. The molecule has 2 aromatic rings. The predicted molar refractivity (Wildman–Crippen MR) is 89.3 cm³/mol. The molecule has 3 rings (SSSR count). The Morgan fingerprint density at radius 2 is 1.92 bits per heavy atom. The molecule has 0 fully saturated rings. The Morgan fingerprint density at radius 3 is 2.54 bits per heavy atom. The number of benzene rings is 1. The van der Waals surface area contributed by atoms with Crippen molar-refractivity contribution in [3.63, 3.8) is 0 Å². The summed E-state index contributed by atoms with van der Waals surface area (Å²) in [6, 6.07) is 8.76. The van der Waals surface area contributed by atoms with Crippen LogP contribution in [0.25, 0.3) is 5.69 Å². The van der Waals surface area contributed by atoms with E-state index in [2.05, 4.69) is 10.4 Å². The second-order valence-corrected chi connectivity index (χ2v) is 6.41. The number of carbonyl (C=O) groups excluding carboxylic acids is 1. The van der Waals surface area contributed by atoms with Crippen LogP contribution in [0.5, 0.6) is 0 Å². The van der Waals surface area contributed by atoms with E-state index in [1.165, 1.54) is 0 Å². The second kappa shape index (κ2) is 6.47. The van der Waals surface area contributed by atoms with E-state index >= 15 is 0 Å². The van der Waals surface area contributed by atoms with Crippen LogP contribution in [0.1, 0.15) is 42.0 Å². The van der Waals surface area contributed by atoms with Crippen molar-refractivity contribution < 1.29 is 14.7 Å². The zero-order chi connectivity index (χ0) is 17.3. The largest absolute Gasteiger partial charge is 0.480 e. The topological polar surface area (TPSA) is 84.2 Å². The minimum absolute atomic E-state index is 0.198. The van der Waals surface area contributed by atoms with Crippen molar-refractivity contribution in [3.05, 3.63) is 47.3 Å². The first-order chi connectivity index (χ1) is 11.5. The number of fused-ring (bicyclic) bond motifs is 1. The van der Waals surface area contributed by atoms with E-state index in [-0.39, 0.29) is 5.92 Å². The molecule has 0 saturated carbocycles. The summed E-state index contributed by atoms with van der Waals surface area (Å²) < 4.78 is 1.81. The smallest absolute Gasteiger partial charge is 0.326 e. The van der Waals surface area contributed by atoms with Crippen LogP contribution in [-0.2, 0) is 17.6 Å². The van der Waals surface area contributed by atoms with Gasteiger partial charge in [0.1, 0.15) is 6.04 Å². The average Bonchev–Trinajstić information content (AvgIpc) is 3.14. The molecule has 1 aliphatic rings. The maximum atomic E-state index is 12.6. The lowest BCUT2D eigenvalue weighted by Gasteiger charge is -2.17. The SMILES string of the molecule is CC(C)[C@H](NC(=O)c1nn(-c2ccccc2)c2c1CCC2)C(=O)O. The van der Waals surface area contributed by atoms with E-state index in [0.29, 0.717) is 5.69 Å². The molecule has 1 aromatic carbocycles. The Balaban J connectivity index is 1.95. The number of nitrogens with zero attached hydrogens (tertiary/aromatic N) is 2. The lowest BCUT2D eigenvalue weighted by atomic mass is 10.0. The Hall–Kier alpha value is -2.63. The summed E-state index contributed by atoms with van der Waals surface area (Å²) in [6.45, 7) is 3.54. The van der Waals surface area contributed by atoms with Crippen LogP contribution in [0.15, 0.2) is 30.3 Å². The van der Waals surface area contributed by atoms with Crippen molar-refractivity contribution in [3.8, 4) is 5.69 Å². The number of para-hydroxylation sites is 1. The maximum absolute atomic E-state index is 12.6. The number of nitrogens with one attached hydrogen (secondary N) is 1. The molecular formula is C18H21N3O3. The number of amides is 1. The van der Waals surface area contributed by atoms with Gasteiger partial charge in [-0.25, -0.2) is 9.48 Å². The van der Waals surface area contributed by atoms with Gasteiger partial charge in [0.05, 0.1) is 5.69 Å². The number of aromatic nitrogens is 2. The van der Waals surface area contributed by atoms with Gasteiger partial charge >= 0.3 is 5.97 Å². The highest BCUT2D eigenvalue weighted by atomic mass is 16.4. The third-order valence-electron chi connectivity index (χ3n) is 4.37. The van der Waals surface area contributed by atoms with E-state index in [0.717, 1.165) is 36.2 Å². The van der Waals surface area contributed by atoms with Crippen molar-refractivity contribution in [2.24, 2.45) is 5.92 Å². The third-order valence-corrected chi connectivity index (χ3v) is 4.37. The highest BCUT2D eigenvalue weighted by molar-refractivity contribution is 5.96. The molecule has 6 nitrogen and oxygen atoms in total. The number of carboxylic acids is 1. The molecule has 24 heavy (non-hydrogen) atoms. The van der Waals surface area contributed by atoms with E-state index in [1.54, 1.807) is 13.8 Å². The van der Waals surface area contributed by atoms with Crippen molar-refractivity contribution in [2.75, 3.05) is 0 Å². The molecule has 1 heterocycles. The lowest BCUT2D eigenvalue weighted by molar-refractivity contribution is -0.140. The number of hydrogen-bond acceptors (Lipinski definition) is 3. The zero-order valence-electron chi connectivity index (χ0n) is 13.8. The van der Waals surface area contributed by atoms with E-state index in [1.807, 2.05) is 35.0 Å². The average molecular weight is 327 g/mol. The molecule has 126 valence electrons. The quantitative estimate of drug-likeness (QED) is 0.882. The monoisotopic (exact) mass is 327 g/mol. The fourth-order valence-electron chi connectivity index (χ4n) is 3.13. The van der Waals surface area contributed by atoms with Gasteiger partial charge in [-0.05, 0) is 37.3 Å². The maximum Gasteiger partial charge on any atom is 0.326 e. The first-order valence-corrected chi connectivity index (χ1v) is 8.19. The molecule has 0 aliphatic heterocycles. The standard InChI is InChI=1S/C18H21N3O3/c1-11(2)15(18(23)24)19-17(22)16-13-9-6-10-14(13)21(20-16)12-7-4-3-5-8-12/h3-5,7-8,11,15H,6,9-10H2,1-2H3,(H,19,22)(H,23,24)/t15-/m0/s1. The summed E-state index contributed by atoms with van der Waals surface area (Å²) in [6.07, 6.45) is 2.65. The van der Waals surface area contributed by atoms with Crippen LogP contribution in [-0.4, -0.2) is 32.8 Å². The number of carbonyl (C=O) groups is 2. The summed E-state index contributed by atoms with van der Waals surface area (Å²) in [4.78, 5) is 23.9. The Kier molecular flexibility index (Phi) is 4.38. The van der Waals surface area contributed by atoms with Gasteiger partial charge in [-0.3, -0.25) is 4.79 Å². The van der Waals surface area contributed by atoms with Crippen molar-refractivity contribution >= 4 is 11.9 Å². The number of carboxylic acid groups (broad SMARTS) is 1. The molecule has 6 heteroatoms. The summed E-state index contributed by atoms with van der Waals surface area (Å²) in [5.41, 5.74) is 3.23. The molecule has 0 unspecified atom stereocenters. The normalized spacial score (nSPS) is 14.5. The minimum atomic E-state index is -1.03. The van der Waals surface area contributed by atoms with Gasteiger partial charge < -0.3 is 10.4 Å². The van der Waals surface area contributed by atoms with E-state index in [4.69, 9.17) is 0 Å². The fraction of sp³-hybridized carbons (Fsp3) is 0.389. The summed E-state index contributed by atoms with van der Waals surface area (Å²) in [7, 11) is 0. The zero-order valence-corrected chi connectivity index (χ0v) is 13.8. The molecular weight excluding hydrogens is 306 g/mol. The van der Waals surface area contributed by atoms with Crippen LogP contribution in [0.2, 0.25) is 0 Å². The number of rotatable bonds is 5. The van der Waals surface area contributed by atoms with Crippen molar-refractivity contribution in [1.29, 1.82) is 0 Å². The summed E-state index contributed by atoms with van der Waals surface area (Å²) in [5, 5.41) is 16.4. The highest BCUT2D eigenvalue weighted by Gasteiger charge is 2.30. The van der Waals surface area contributed by atoms with Crippen LogP contribution >= 0.6 is 0 Å². The third kappa shape index (κ3) is 2.91. The number of hydrogen-bond donors (Lipinski definition) is 2. The van der Waals surface area contributed by atoms with Crippen molar-refractivity contribution in [2.45, 2.75) is 39.2 Å². The van der Waals surface area contributed by atoms with Gasteiger partial charge in [0.2, 0.25) is 0 Å². The predicted octanol–water partition coefficient (Wildman–Crippen LogP) is 2.20. The van der Waals surface area contributed by atoms with Gasteiger partial charge in [0.25, 0.3) is 5.91 Å². The summed E-state index contributed by atoms with van der Waals surface area (Å²) >= 11 is 0. The molecule has 0 saturated heterocycles. The van der Waals surface area contributed by atoms with Gasteiger partial charge in [-0.15, -0.1) is 0 Å². The van der Waals surface area contributed by atoms with Crippen LogP contribution < -0.4 is 5.32 Å². The van der Waals surface area contributed by atoms with E-state index in [9.17, 15) is 14.7 Å². The van der Waals surface area contributed by atoms with E-state index < -0.39 is 17.9 Å². The molecule has 0 spiro atoms. The molecule has 1 aromatic heterocycles. The van der Waals surface area contributed by atoms with Crippen molar-refractivity contribution in [1.82, 2.24) is 15.1 Å². The molecule has 1 aliphatic carbocycles. The van der Waals surface area contributed by atoms with Crippen LogP contribution in [0.3, 0.4) is 0 Å².